The third kappa shape index (κ3) is 3.44. The Morgan fingerprint density at radius 3 is 2.59 bits per heavy atom. The molecule has 0 atom stereocenters. The van der Waals surface area contributed by atoms with Crippen molar-refractivity contribution < 1.29 is 19.0 Å². The summed E-state index contributed by atoms with van der Waals surface area (Å²) in [6, 6.07) is 14.0. The van der Waals surface area contributed by atoms with E-state index in [2.05, 4.69) is 16.3 Å². The molecule has 0 unspecified atom stereocenters. The molecule has 1 aliphatic heterocycles. The first-order valence-electron chi connectivity index (χ1n) is 10.2. The molecule has 3 heterocycles. The summed E-state index contributed by atoms with van der Waals surface area (Å²) in [7, 11) is 5.23. The van der Waals surface area contributed by atoms with Gasteiger partial charge in [-0.05, 0) is 52.6 Å². The molecule has 0 spiro atoms. The topological polar surface area (TPSA) is 60.9 Å². The van der Waals surface area contributed by atoms with E-state index in [1.807, 2.05) is 49.6 Å². The van der Waals surface area contributed by atoms with E-state index in [0.29, 0.717) is 17.1 Å². The summed E-state index contributed by atoms with van der Waals surface area (Å²) in [6.07, 6.45) is 1.82. The van der Waals surface area contributed by atoms with Crippen LogP contribution < -0.4 is 14.4 Å². The second kappa shape index (κ2) is 8.16. The molecule has 6 nitrogen and oxygen atoms in total. The molecule has 0 saturated heterocycles. The van der Waals surface area contributed by atoms with Crippen LogP contribution in [0.2, 0.25) is 0 Å². The largest absolute Gasteiger partial charge is 0.493 e. The number of hydrogen-bond donors (Lipinski definition) is 0. The first kappa shape index (κ1) is 20.3. The Balaban J connectivity index is 1.62. The first-order chi connectivity index (χ1) is 15.6. The lowest BCUT2D eigenvalue weighted by Crippen LogP contribution is -2.16. The molecule has 32 heavy (non-hydrogen) atoms. The summed E-state index contributed by atoms with van der Waals surface area (Å²) < 4.78 is 16.4. The van der Waals surface area contributed by atoms with Crippen LogP contribution in [0.1, 0.15) is 20.8 Å². The average Bonchev–Trinajstić information content (AvgIpc) is 3.46. The maximum Gasteiger partial charge on any atom is 0.339 e. The van der Waals surface area contributed by atoms with Gasteiger partial charge in [-0.2, -0.15) is 0 Å². The van der Waals surface area contributed by atoms with Crippen LogP contribution >= 0.6 is 11.3 Å². The van der Waals surface area contributed by atoms with Crippen molar-refractivity contribution >= 4 is 33.9 Å². The lowest BCUT2D eigenvalue weighted by atomic mass is 9.91. The van der Waals surface area contributed by atoms with E-state index < -0.39 is 0 Å². The fourth-order valence-electron chi connectivity index (χ4n) is 4.13. The number of aromatic nitrogens is 1. The molecule has 0 bridgehead atoms. The molecular formula is C25H22N2O4S. The Bertz CT molecular complexity index is 1300. The molecule has 2 aromatic heterocycles. The van der Waals surface area contributed by atoms with Crippen molar-refractivity contribution in [3.05, 3.63) is 70.0 Å². The molecule has 0 fully saturated rings. The summed E-state index contributed by atoms with van der Waals surface area (Å²) >= 11 is 1.72. The van der Waals surface area contributed by atoms with Crippen LogP contribution in [0.25, 0.3) is 21.9 Å². The maximum absolute atomic E-state index is 12.6. The number of thiophene rings is 1. The van der Waals surface area contributed by atoms with Crippen LogP contribution in [0.15, 0.2) is 54.0 Å². The van der Waals surface area contributed by atoms with Crippen molar-refractivity contribution in [2.75, 3.05) is 26.2 Å². The molecule has 0 amide bonds. The number of nitrogens with zero attached hydrogens (tertiary/aromatic N) is 2. The van der Waals surface area contributed by atoms with E-state index in [1.54, 1.807) is 25.6 Å². The van der Waals surface area contributed by atoms with E-state index in [0.717, 1.165) is 39.8 Å². The van der Waals surface area contributed by atoms with E-state index in [-0.39, 0.29) is 12.6 Å². The lowest BCUT2D eigenvalue weighted by molar-refractivity contribution is 0.0535. The predicted octanol–water partition coefficient (Wildman–Crippen LogP) is 5.29. The number of methoxy groups -OCH3 is 2. The molecule has 0 radical (unpaired) electrons. The van der Waals surface area contributed by atoms with Crippen LogP contribution in [-0.4, -0.2) is 32.2 Å². The number of rotatable bonds is 6. The van der Waals surface area contributed by atoms with Gasteiger partial charge in [-0.1, -0.05) is 6.07 Å². The number of ether oxygens (including phenoxy) is 3. The van der Waals surface area contributed by atoms with Gasteiger partial charge in [0.05, 0.1) is 26.3 Å². The molecule has 0 saturated carbocycles. The Labute approximate surface area is 190 Å². The monoisotopic (exact) mass is 446 g/mol. The highest BCUT2D eigenvalue weighted by Crippen LogP contribution is 2.42. The van der Waals surface area contributed by atoms with Crippen LogP contribution in [0.3, 0.4) is 0 Å². The number of carbonyl (C=O) groups is 1. The van der Waals surface area contributed by atoms with Crippen LogP contribution in [0, 0.1) is 0 Å². The number of esters is 1. The zero-order valence-electron chi connectivity index (χ0n) is 18.0. The molecule has 4 aromatic rings. The first-order valence-corrected chi connectivity index (χ1v) is 11.1. The smallest absolute Gasteiger partial charge is 0.339 e. The molecule has 5 rings (SSSR count). The average molecular weight is 447 g/mol. The van der Waals surface area contributed by atoms with Gasteiger partial charge in [-0.3, -0.25) is 0 Å². The predicted molar refractivity (Wildman–Crippen MR) is 126 cm³/mol. The highest BCUT2D eigenvalue weighted by Gasteiger charge is 2.28. The Morgan fingerprint density at radius 2 is 1.91 bits per heavy atom. The molecule has 1 aliphatic rings. The summed E-state index contributed by atoms with van der Waals surface area (Å²) in [4.78, 5) is 20.7. The Morgan fingerprint density at radius 1 is 1.09 bits per heavy atom. The number of pyridine rings is 1. The van der Waals surface area contributed by atoms with Gasteiger partial charge in [0.1, 0.15) is 12.4 Å². The summed E-state index contributed by atoms with van der Waals surface area (Å²) in [6.45, 7) is 1.05. The van der Waals surface area contributed by atoms with Gasteiger partial charge < -0.3 is 19.1 Å². The SMILES string of the molecule is COc1cc2cc3c(c(-c4ccc(N(C)Cc5cccs5)nc4)c2cc1OC)C(=O)OC3. The minimum atomic E-state index is -0.314. The van der Waals surface area contributed by atoms with Crippen LogP contribution in [-0.2, 0) is 17.9 Å². The zero-order chi connectivity index (χ0) is 22.2. The normalized spacial score (nSPS) is 12.5. The highest BCUT2D eigenvalue weighted by atomic mass is 32.1. The summed E-state index contributed by atoms with van der Waals surface area (Å²) in [5.74, 6) is 1.79. The molecule has 2 aromatic carbocycles. The van der Waals surface area contributed by atoms with Crippen molar-refractivity contribution in [3.63, 3.8) is 0 Å². The molecule has 162 valence electrons. The number of hydrogen-bond acceptors (Lipinski definition) is 7. The number of carbonyl (C=O) groups excluding carboxylic acids is 1. The van der Waals surface area contributed by atoms with Gasteiger partial charge in [0.2, 0.25) is 0 Å². The van der Waals surface area contributed by atoms with Crippen LogP contribution in [0.5, 0.6) is 11.5 Å². The number of cyclic esters (lactones) is 1. The number of benzene rings is 2. The van der Waals surface area contributed by atoms with Gasteiger partial charge in [0.25, 0.3) is 0 Å². The molecule has 0 N–H and O–H groups in total. The lowest BCUT2D eigenvalue weighted by Gasteiger charge is -2.18. The van der Waals surface area contributed by atoms with E-state index in [9.17, 15) is 4.79 Å². The maximum atomic E-state index is 12.6. The van der Waals surface area contributed by atoms with Crippen molar-refractivity contribution in [3.8, 4) is 22.6 Å². The standard InChI is InChI=1S/C25H22N2O4S/c1-27(13-18-5-4-8-32-18)22-7-6-15(12-26-22)23-19-11-21(30-3)20(29-2)10-16(19)9-17-14-31-25(28)24(17)23/h4-12H,13-14H2,1-3H3. The third-order valence-electron chi connectivity index (χ3n) is 5.69. The van der Waals surface area contributed by atoms with Gasteiger partial charge in [-0.25, -0.2) is 9.78 Å². The quantitative estimate of drug-likeness (QED) is 0.375. The Kier molecular flexibility index (Phi) is 5.19. The van der Waals surface area contributed by atoms with Gasteiger partial charge in [-0.15, -0.1) is 11.3 Å². The second-order valence-corrected chi connectivity index (χ2v) is 8.66. The highest BCUT2D eigenvalue weighted by molar-refractivity contribution is 7.09. The van der Waals surface area contributed by atoms with E-state index in [4.69, 9.17) is 19.2 Å². The number of anilines is 1. The number of fused-ring (bicyclic) bond motifs is 2. The molecular weight excluding hydrogens is 424 g/mol. The summed E-state index contributed by atoms with van der Waals surface area (Å²) in [5, 5.41) is 3.92. The Hall–Kier alpha value is -3.58. The minimum Gasteiger partial charge on any atom is -0.493 e. The third-order valence-corrected chi connectivity index (χ3v) is 6.55. The molecule has 7 heteroatoms. The fraction of sp³-hybridized carbons (Fsp3) is 0.200. The van der Waals surface area contributed by atoms with Crippen molar-refractivity contribution in [2.24, 2.45) is 0 Å². The van der Waals surface area contributed by atoms with Crippen molar-refractivity contribution in [1.29, 1.82) is 0 Å². The van der Waals surface area contributed by atoms with E-state index >= 15 is 0 Å². The van der Waals surface area contributed by atoms with Crippen molar-refractivity contribution in [2.45, 2.75) is 13.2 Å². The summed E-state index contributed by atoms with van der Waals surface area (Å²) in [5.41, 5.74) is 3.11. The van der Waals surface area contributed by atoms with Crippen LogP contribution in [0.4, 0.5) is 5.82 Å². The van der Waals surface area contributed by atoms with Crippen molar-refractivity contribution in [1.82, 2.24) is 4.98 Å². The van der Waals surface area contributed by atoms with Gasteiger partial charge in [0, 0.05) is 34.8 Å². The van der Waals surface area contributed by atoms with Gasteiger partial charge in [0.15, 0.2) is 11.5 Å². The van der Waals surface area contributed by atoms with Gasteiger partial charge >= 0.3 is 5.97 Å². The molecule has 0 aliphatic carbocycles. The minimum absolute atomic E-state index is 0.264. The fourth-order valence-corrected chi connectivity index (χ4v) is 4.88. The van der Waals surface area contributed by atoms with E-state index in [1.165, 1.54) is 4.88 Å². The zero-order valence-corrected chi connectivity index (χ0v) is 18.9. The second-order valence-electron chi connectivity index (χ2n) is 7.63.